The van der Waals surface area contributed by atoms with Crippen LogP contribution in [0.2, 0.25) is 0 Å². The molecule has 5 heteroatoms. The van der Waals surface area contributed by atoms with Crippen LogP contribution in [-0.2, 0) is 25.6 Å². The van der Waals surface area contributed by atoms with E-state index in [0.29, 0.717) is 25.7 Å². The van der Waals surface area contributed by atoms with Crippen molar-refractivity contribution in [3.05, 3.63) is 35.9 Å². The van der Waals surface area contributed by atoms with Crippen LogP contribution in [0.1, 0.15) is 98.0 Å². The maximum Gasteiger partial charge on any atom is 0.171 e. The number of fused-ring (bicyclic) bond motifs is 1. The van der Waals surface area contributed by atoms with Crippen LogP contribution in [0.3, 0.4) is 0 Å². The number of ether oxygens (including phenoxy) is 4. The molecule has 1 heterocycles. The molecule has 1 unspecified atom stereocenters. The average molecular weight is 503 g/mol. The molecule has 2 saturated carbocycles. The Morgan fingerprint density at radius 3 is 2.42 bits per heavy atom. The first kappa shape index (κ1) is 28.0. The third-order valence-corrected chi connectivity index (χ3v) is 8.89. The molecule has 0 amide bonds. The van der Waals surface area contributed by atoms with Gasteiger partial charge in [-0.15, -0.1) is 0 Å². The SMILES string of the molecule is C[C@H](CCCCC(O)C[C@@H]1C[C@@]2(C)[C@@H](CC[C@@H]2OC(C)(C)C)CC12OCCO2)OCc1ccccc1. The topological polar surface area (TPSA) is 57.2 Å². The molecular formula is C31H50O5. The Bertz CT molecular complexity index is 799. The standard InChI is InChI=1S/C31H50O5/c1-23(33-22-24-12-7-6-8-13-24)11-9-10-14-27(32)19-26-20-30(5)25(21-31(26)34-17-18-35-31)15-16-28(30)36-29(2,3)4/h6-8,12-13,23,25-28,32H,9-11,14-22H2,1-5H3/t23-,25+,26-,27?,28+,30+/m1/s1. The first-order valence-electron chi connectivity index (χ1n) is 14.4. The first-order chi connectivity index (χ1) is 17.1. The lowest BCUT2D eigenvalue weighted by molar-refractivity contribution is -0.254. The van der Waals surface area contributed by atoms with E-state index in [9.17, 15) is 5.11 Å². The van der Waals surface area contributed by atoms with Crippen molar-refractivity contribution in [2.45, 2.75) is 129 Å². The number of rotatable bonds is 11. The van der Waals surface area contributed by atoms with Crippen LogP contribution in [-0.4, -0.2) is 48.0 Å². The van der Waals surface area contributed by atoms with Gasteiger partial charge in [-0.1, -0.05) is 50.1 Å². The highest BCUT2D eigenvalue weighted by Gasteiger charge is 2.60. The maximum absolute atomic E-state index is 11.1. The molecule has 36 heavy (non-hydrogen) atoms. The highest BCUT2D eigenvalue weighted by atomic mass is 16.7. The second-order valence-corrected chi connectivity index (χ2v) is 12.9. The van der Waals surface area contributed by atoms with Gasteiger partial charge < -0.3 is 24.1 Å². The van der Waals surface area contributed by atoms with Crippen molar-refractivity contribution in [1.82, 2.24) is 0 Å². The molecule has 204 valence electrons. The van der Waals surface area contributed by atoms with Gasteiger partial charge in [-0.25, -0.2) is 0 Å². The summed E-state index contributed by atoms with van der Waals surface area (Å²) in [7, 11) is 0. The summed E-state index contributed by atoms with van der Waals surface area (Å²) in [6.07, 6.45) is 9.02. The van der Waals surface area contributed by atoms with E-state index >= 15 is 0 Å². The summed E-state index contributed by atoms with van der Waals surface area (Å²) in [5.41, 5.74) is 1.18. The minimum Gasteiger partial charge on any atom is -0.393 e. The highest BCUT2D eigenvalue weighted by Crippen LogP contribution is 2.60. The molecule has 1 N–H and O–H groups in total. The lowest BCUT2D eigenvalue weighted by atomic mass is 9.61. The van der Waals surface area contributed by atoms with Crippen molar-refractivity contribution in [2.75, 3.05) is 13.2 Å². The van der Waals surface area contributed by atoms with Crippen LogP contribution in [0.5, 0.6) is 0 Å². The molecule has 2 aliphatic carbocycles. The van der Waals surface area contributed by atoms with Gasteiger partial charge in [0.1, 0.15) is 0 Å². The van der Waals surface area contributed by atoms with Gasteiger partial charge in [0.2, 0.25) is 0 Å². The van der Waals surface area contributed by atoms with Gasteiger partial charge >= 0.3 is 0 Å². The van der Waals surface area contributed by atoms with E-state index in [-0.39, 0.29) is 35.2 Å². The normalized spacial score (nSPS) is 31.4. The highest BCUT2D eigenvalue weighted by molar-refractivity contribution is 5.13. The van der Waals surface area contributed by atoms with Gasteiger partial charge in [0, 0.05) is 12.3 Å². The molecule has 1 aromatic carbocycles. The van der Waals surface area contributed by atoms with Gasteiger partial charge in [-0.3, -0.25) is 0 Å². The van der Waals surface area contributed by atoms with E-state index in [1.54, 1.807) is 0 Å². The Hall–Kier alpha value is -0.980. The zero-order chi connectivity index (χ0) is 25.8. The minimum atomic E-state index is -0.512. The monoisotopic (exact) mass is 502 g/mol. The van der Waals surface area contributed by atoms with E-state index in [1.165, 1.54) is 12.0 Å². The van der Waals surface area contributed by atoms with E-state index < -0.39 is 5.79 Å². The van der Waals surface area contributed by atoms with E-state index in [0.717, 1.165) is 51.4 Å². The fraction of sp³-hybridized carbons (Fsp3) is 0.806. The summed E-state index contributed by atoms with van der Waals surface area (Å²) >= 11 is 0. The van der Waals surface area contributed by atoms with Crippen molar-refractivity contribution in [3.8, 4) is 0 Å². The van der Waals surface area contributed by atoms with Crippen molar-refractivity contribution in [2.24, 2.45) is 17.3 Å². The van der Waals surface area contributed by atoms with Crippen LogP contribution >= 0.6 is 0 Å². The van der Waals surface area contributed by atoms with Crippen molar-refractivity contribution in [3.63, 3.8) is 0 Å². The Morgan fingerprint density at radius 1 is 1.03 bits per heavy atom. The summed E-state index contributed by atoms with van der Waals surface area (Å²) in [5.74, 6) is 0.240. The van der Waals surface area contributed by atoms with Crippen molar-refractivity contribution < 1.29 is 24.1 Å². The molecule has 4 rings (SSSR count). The first-order valence-corrected chi connectivity index (χ1v) is 14.4. The third kappa shape index (κ3) is 6.91. The quantitative estimate of drug-likeness (QED) is 0.343. The maximum atomic E-state index is 11.1. The number of hydrogen-bond acceptors (Lipinski definition) is 5. The predicted molar refractivity (Wildman–Crippen MR) is 143 cm³/mol. The summed E-state index contributed by atoms with van der Waals surface area (Å²) in [6, 6.07) is 10.3. The average Bonchev–Trinajstić information content (AvgIpc) is 3.41. The molecule has 0 bridgehead atoms. The Kier molecular flexibility index (Phi) is 9.21. The molecule has 1 saturated heterocycles. The number of aliphatic hydroxyl groups excluding tert-OH is 1. The molecule has 1 aromatic rings. The van der Waals surface area contributed by atoms with Crippen LogP contribution in [0.4, 0.5) is 0 Å². The van der Waals surface area contributed by atoms with Crippen LogP contribution in [0, 0.1) is 17.3 Å². The molecular weight excluding hydrogens is 452 g/mol. The molecule has 1 spiro atoms. The minimum absolute atomic E-state index is 0.115. The van der Waals surface area contributed by atoms with Crippen LogP contribution < -0.4 is 0 Å². The van der Waals surface area contributed by atoms with Crippen LogP contribution in [0.15, 0.2) is 30.3 Å². The lowest BCUT2D eigenvalue weighted by Gasteiger charge is -2.52. The molecule has 0 radical (unpaired) electrons. The van der Waals surface area contributed by atoms with Gasteiger partial charge in [-0.2, -0.15) is 0 Å². The smallest absolute Gasteiger partial charge is 0.171 e. The molecule has 1 aliphatic heterocycles. The molecule has 3 fully saturated rings. The van der Waals surface area contributed by atoms with Gasteiger partial charge in [0.15, 0.2) is 5.79 Å². The molecule has 0 aromatic heterocycles. The number of hydrogen-bond donors (Lipinski definition) is 1. The summed E-state index contributed by atoms with van der Waals surface area (Å²) in [5, 5.41) is 11.1. The predicted octanol–water partition coefficient (Wildman–Crippen LogP) is 6.66. The van der Waals surface area contributed by atoms with Crippen molar-refractivity contribution >= 4 is 0 Å². The number of unbranched alkanes of at least 4 members (excludes halogenated alkanes) is 1. The molecule has 3 aliphatic rings. The Labute approximate surface area is 219 Å². The largest absolute Gasteiger partial charge is 0.393 e. The second-order valence-electron chi connectivity index (χ2n) is 12.9. The van der Waals surface area contributed by atoms with Gasteiger partial charge in [0.25, 0.3) is 0 Å². The van der Waals surface area contributed by atoms with Gasteiger partial charge in [-0.05, 0) is 83.1 Å². The van der Waals surface area contributed by atoms with Crippen LogP contribution in [0.25, 0.3) is 0 Å². The summed E-state index contributed by atoms with van der Waals surface area (Å²) < 4.78 is 25.2. The number of aliphatic hydroxyl groups is 1. The van der Waals surface area contributed by atoms with E-state index in [1.807, 2.05) is 18.2 Å². The molecule has 5 nitrogen and oxygen atoms in total. The zero-order valence-electron chi connectivity index (χ0n) is 23.3. The fourth-order valence-corrected chi connectivity index (χ4v) is 6.97. The van der Waals surface area contributed by atoms with Gasteiger partial charge in [0.05, 0.1) is 43.7 Å². The third-order valence-electron chi connectivity index (χ3n) is 8.89. The zero-order valence-corrected chi connectivity index (χ0v) is 23.3. The molecule has 6 atom stereocenters. The second kappa shape index (κ2) is 11.8. The Balaban J connectivity index is 1.26. The van der Waals surface area contributed by atoms with Crippen molar-refractivity contribution in [1.29, 1.82) is 0 Å². The fourth-order valence-electron chi connectivity index (χ4n) is 6.97. The van der Waals surface area contributed by atoms with E-state index in [2.05, 4.69) is 46.8 Å². The Morgan fingerprint density at radius 2 is 1.72 bits per heavy atom. The number of benzene rings is 1. The summed E-state index contributed by atoms with van der Waals surface area (Å²) in [4.78, 5) is 0. The summed E-state index contributed by atoms with van der Waals surface area (Å²) in [6.45, 7) is 13.0. The van der Waals surface area contributed by atoms with E-state index in [4.69, 9.17) is 18.9 Å². The lowest BCUT2D eigenvalue weighted by Crippen LogP contribution is -2.54.